The fourth-order valence-corrected chi connectivity index (χ4v) is 4.37. The number of rotatable bonds is 3. The molecule has 6 heteroatoms. The van der Waals surface area contributed by atoms with E-state index in [-0.39, 0.29) is 12.2 Å². The molecule has 1 aliphatic heterocycles. The number of fused-ring (bicyclic) bond motifs is 3. The Kier molecular flexibility index (Phi) is 4.70. The summed E-state index contributed by atoms with van der Waals surface area (Å²) in [6.45, 7) is 7.13. The molecule has 0 amide bonds. The highest BCUT2D eigenvalue weighted by atomic mass is 16.5. The van der Waals surface area contributed by atoms with Gasteiger partial charge in [-0.3, -0.25) is 4.90 Å². The summed E-state index contributed by atoms with van der Waals surface area (Å²) < 4.78 is 5.83. The molecule has 0 saturated carbocycles. The van der Waals surface area contributed by atoms with Gasteiger partial charge in [-0.2, -0.15) is 5.26 Å². The quantitative estimate of drug-likeness (QED) is 0.559. The molecule has 1 saturated heterocycles. The minimum absolute atomic E-state index is 0.277. The predicted octanol–water partition coefficient (Wildman–Crippen LogP) is 4.26. The summed E-state index contributed by atoms with van der Waals surface area (Å²) in [4.78, 5) is 14.5. The average molecular weight is 397 g/mol. The van der Waals surface area contributed by atoms with Crippen LogP contribution in [0.15, 0.2) is 48.8 Å². The molecule has 4 aromatic rings. The van der Waals surface area contributed by atoms with Gasteiger partial charge in [-0.05, 0) is 37.1 Å². The number of nitrogens with zero attached hydrogens (tertiary/aromatic N) is 4. The van der Waals surface area contributed by atoms with Crippen LogP contribution < -0.4 is 0 Å². The number of aromatic nitrogens is 3. The Balaban J connectivity index is 1.42. The highest BCUT2D eigenvalue weighted by Gasteiger charge is 2.22. The number of benzene rings is 1. The number of hydrogen-bond donors (Lipinski definition) is 1. The molecule has 5 rings (SSSR count). The van der Waals surface area contributed by atoms with Crippen molar-refractivity contribution in [3.8, 4) is 17.2 Å². The van der Waals surface area contributed by atoms with Gasteiger partial charge in [0, 0.05) is 42.2 Å². The van der Waals surface area contributed by atoms with E-state index in [0.717, 1.165) is 52.7 Å². The zero-order chi connectivity index (χ0) is 20.7. The molecule has 150 valence electrons. The van der Waals surface area contributed by atoms with Crippen molar-refractivity contribution in [2.24, 2.45) is 0 Å². The van der Waals surface area contributed by atoms with Crippen LogP contribution in [-0.4, -0.2) is 45.1 Å². The molecule has 4 heterocycles. The van der Waals surface area contributed by atoms with Gasteiger partial charge in [-0.1, -0.05) is 24.3 Å². The summed E-state index contributed by atoms with van der Waals surface area (Å²) in [6.07, 6.45) is 4.13. The molecule has 0 aliphatic carbocycles. The number of hydrogen-bond acceptors (Lipinski definition) is 5. The van der Waals surface area contributed by atoms with Crippen molar-refractivity contribution < 1.29 is 4.74 Å². The van der Waals surface area contributed by atoms with Gasteiger partial charge in [0.25, 0.3) is 0 Å². The van der Waals surface area contributed by atoms with Crippen LogP contribution in [0, 0.1) is 11.3 Å². The standard InChI is InChI=1S/C24H23N5O/c1-15-12-29(13-16(2)30-15)14-17-3-5-18(6-4-17)19-7-22-21-8-20(9-25)26-11-23(21)28-24(22)27-10-19/h3-8,10-11,15-16H,12-14H2,1-2H3,(H,27,28)/t15-,16+. The van der Waals surface area contributed by atoms with Crippen molar-refractivity contribution in [3.05, 3.63) is 60.0 Å². The second-order valence-electron chi connectivity index (χ2n) is 8.12. The van der Waals surface area contributed by atoms with E-state index in [1.807, 2.05) is 12.3 Å². The molecule has 6 nitrogen and oxygen atoms in total. The Bertz CT molecular complexity index is 1240. The van der Waals surface area contributed by atoms with Crippen LogP contribution in [0.1, 0.15) is 25.1 Å². The summed E-state index contributed by atoms with van der Waals surface area (Å²) in [6, 6.07) is 14.7. The van der Waals surface area contributed by atoms with E-state index < -0.39 is 0 Å². The largest absolute Gasteiger partial charge is 0.373 e. The maximum atomic E-state index is 9.16. The van der Waals surface area contributed by atoms with Crippen molar-refractivity contribution in [2.45, 2.75) is 32.6 Å². The molecule has 1 fully saturated rings. The molecule has 2 atom stereocenters. The minimum Gasteiger partial charge on any atom is -0.373 e. The first kappa shape index (κ1) is 18.7. The third-order valence-corrected chi connectivity index (χ3v) is 5.64. The van der Waals surface area contributed by atoms with Crippen molar-refractivity contribution in [3.63, 3.8) is 0 Å². The first-order chi connectivity index (χ1) is 14.6. The summed E-state index contributed by atoms with van der Waals surface area (Å²) in [5.74, 6) is 0. The topological polar surface area (TPSA) is 77.8 Å². The summed E-state index contributed by atoms with van der Waals surface area (Å²) in [7, 11) is 0. The highest BCUT2D eigenvalue weighted by molar-refractivity contribution is 6.06. The fourth-order valence-electron chi connectivity index (χ4n) is 4.37. The number of H-pyrrole nitrogens is 1. The lowest BCUT2D eigenvalue weighted by Crippen LogP contribution is -2.44. The van der Waals surface area contributed by atoms with Gasteiger partial charge in [-0.15, -0.1) is 0 Å². The van der Waals surface area contributed by atoms with E-state index in [1.54, 1.807) is 6.20 Å². The summed E-state index contributed by atoms with van der Waals surface area (Å²) >= 11 is 0. The number of nitriles is 1. The molecule has 3 aromatic heterocycles. The van der Waals surface area contributed by atoms with E-state index in [9.17, 15) is 0 Å². The lowest BCUT2D eigenvalue weighted by Gasteiger charge is -2.35. The van der Waals surface area contributed by atoms with E-state index in [2.05, 4.69) is 70.1 Å². The van der Waals surface area contributed by atoms with Crippen molar-refractivity contribution in [1.82, 2.24) is 19.9 Å². The first-order valence-corrected chi connectivity index (χ1v) is 10.2. The minimum atomic E-state index is 0.277. The van der Waals surface area contributed by atoms with E-state index in [1.165, 1.54) is 5.56 Å². The molecule has 30 heavy (non-hydrogen) atoms. The maximum absolute atomic E-state index is 9.16. The number of aromatic amines is 1. The third kappa shape index (κ3) is 3.54. The number of morpholine rings is 1. The SMILES string of the molecule is C[C@@H]1CN(Cc2ccc(-c3cnc4[nH]c5cnc(C#N)cc5c4c3)cc2)C[C@H](C)O1. The predicted molar refractivity (Wildman–Crippen MR) is 117 cm³/mol. The normalized spacial score (nSPS) is 19.9. The molecule has 0 unspecified atom stereocenters. The van der Waals surface area contributed by atoms with Gasteiger partial charge in [0.2, 0.25) is 0 Å². The second kappa shape index (κ2) is 7.52. The van der Waals surface area contributed by atoms with Gasteiger partial charge in [0.05, 0.1) is 23.9 Å². The molecular formula is C24H23N5O. The Morgan fingerprint density at radius 1 is 1.03 bits per heavy atom. The molecule has 0 radical (unpaired) electrons. The highest BCUT2D eigenvalue weighted by Crippen LogP contribution is 2.29. The van der Waals surface area contributed by atoms with Crippen LogP contribution in [-0.2, 0) is 11.3 Å². The van der Waals surface area contributed by atoms with Crippen LogP contribution in [0.25, 0.3) is 33.1 Å². The molecule has 1 aromatic carbocycles. The van der Waals surface area contributed by atoms with Gasteiger partial charge < -0.3 is 9.72 Å². The molecule has 0 bridgehead atoms. The van der Waals surface area contributed by atoms with Crippen molar-refractivity contribution >= 4 is 21.9 Å². The van der Waals surface area contributed by atoms with Crippen molar-refractivity contribution in [2.75, 3.05) is 13.1 Å². The first-order valence-electron chi connectivity index (χ1n) is 10.2. The zero-order valence-electron chi connectivity index (χ0n) is 17.1. The van der Waals surface area contributed by atoms with Crippen LogP contribution in [0.5, 0.6) is 0 Å². The zero-order valence-corrected chi connectivity index (χ0v) is 17.1. The lowest BCUT2D eigenvalue weighted by molar-refractivity contribution is -0.0704. The van der Waals surface area contributed by atoms with E-state index in [0.29, 0.717) is 5.69 Å². The van der Waals surface area contributed by atoms with Gasteiger partial charge in [0.1, 0.15) is 17.4 Å². The Labute approximate surface area is 175 Å². The maximum Gasteiger partial charge on any atom is 0.141 e. The Hall–Kier alpha value is -3.27. The van der Waals surface area contributed by atoms with Gasteiger partial charge >= 0.3 is 0 Å². The molecule has 1 aliphatic rings. The third-order valence-electron chi connectivity index (χ3n) is 5.64. The summed E-state index contributed by atoms with van der Waals surface area (Å²) in [5.41, 5.74) is 5.58. The lowest BCUT2D eigenvalue weighted by atomic mass is 10.0. The molecule has 1 N–H and O–H groups in total. The average Bonchev–Trinajstić information content (AvgIpc) is 3.10. The van der Waals surface area contributed by atoms with Gasteiger partial charge in [0.15, 0.2) is 0 Å². The van der Waals surface area contributed by atoms with Crippen LogP contribution in [0.3, 0.4) is 0 Å². The number of pyridine rings is 2. The monoisotopic (exact) mass is 397 g/mol. The van der Waals surface area contributed by atoms with Crippen LogP contribution in [0.2, 0.25) is 0 Å². The Morgan fingerprint density at radius 2 is 1.80 bits per heavy atom. The van der Waals surface area contributed by atoms with Crippen molar-refractivity contribution in [1.29, 1.82) is 5.26 Å². The molecular weight excluding hydrogens is 374 g/mol. The van der Waals surface area contributed by atoms with Crippen LogP contribution >= 0.6 is 0 Å². The number of ether oxygens (including phenoxy) is 1. The van der Waals surface area contributed by atoms with E-state index >= 15 is 0 Å². The second-order valence-corrected chi connectivity index (χ2v) is 8.12. The Morgan fingerprint density at radius 3 is 2.53 bits per heavy atom. The van der Waals surface area contributed by atoms with Gasteiger partial charge in [-0.25, -0.2) is 9.97 Å². The fraction of sp³-hybridized carbons (Fsp3) is 0.292. The smallest absolute Gasteiger partial charge is 0.141 e. The van der Waals surface area contributed by atoms with E-state index in [4.69, 9.17) is 10.00 Å². The number of nitrogens with one attached hydrogen (secondary N) is 1. The summed E-state index contributed by atoms with van der Waals surface area (Å²) in [5, 5.41) is 11.1. The molecule has 0 spiro atoms. The van der Waals surface area contributed by atoms with Crippen LogP contribution in [0.4, 0.5) is 0 Å².